The second-order valence-corrected chi connectivity index (χ2v) is 2.38. The van der Waals surface area contributed by atoms with Crippen molar-refractivity contribution in [1.82, 2.24) is 9.88 Å². The number of pyridine rings is 1. The zero-order chi connectivity index (χ0) is 16.4. The predicted octanol–water partition coefficient (Wildman–Crippen LogP) is 1.85. The molecule has 12 heavy (non-hydrogen) atoms. The zero-order valence-electron chi connectivity index (χ0n) is 15.6. The normalized spacial score (nSPS) is 49.9. The van der Waals surface area contributed by atoms with Crippen LogP contribution in [-0.2, 0) is 0 Å². The lowest BCUT2D eigenvalue weighted by Crippen LogP contribution is -2.17. The van der Waals surface area contributed by atoms with Crippen LogP contribution >= 0.6 is 0 Å². The van der Waals surface area contributed by atoms with Crippen molar-refractivity contribution in [3.05, 3.63) is 30.0 Å². The molecular formula is C10H14N2. The summed E-state index contributed by atoms with van der Waals surface area (Å²) in [5.41, 5.74) is -0.489. The third-order valence-electron chi connectivity index (χ3n) is 1.61. The van der Waals surface area contributed by atoms with Crippen LogP contribution in [0.2, 0.25) is 0 Å². The molecule has 0 unspecified atom stereocenters. The van der Waals surface area contributed by atoms with E-state index in [9.17, 15) is 0 Å². The summed E-state index contributed by atoms with van der Waals surface area (Å²) in [5, 5.41) is 0. The van der Waals surface area contributed by atoms with E-state index in [2.05, 4.69) is 4.98 Å². The van der Waals surface area contributed by atoms with Gasteiger partial charge >= 0.3 is 0 Å². The molecule has 1 aromatic rings. The molecule has 1 aromatic heterocycles. The first kappa shape index (κ1) is 2.55. The maximum atomic E-state index is 8.42. The Morgan fingerprint density at radius 1 is 1.92 bits per heavy atom. The number of nitrogens with zero attached hydrogens (tertiary/aromatic N) is 2. The SMILES string of the molecule is [2H]c1nc([2H])c([C@@]2([2H])N(C)C([2H])([2H])CC2([2H])[2H])c([2H])c1[2H]. The van der Waals surface area contributed by atoms with E-state index in [0.717, 1.165) is 4.90 Å². The van der Waals surface area contributed by atoms with Crippen molar-refractivity contribution in [3.8, 4) is 0 Å². The van der Waals surface area contributed by atoms with Crippen molar-refractivity contribution >= 4 is 0 Å². The molecule has 1 saturated heterocycles. The molecule has 2 heteroatoms. The molecule has 1 atom stereocenters. The highest BCUT2D eigenvalue weighted by molar-refractivity contribution is 5.14. The Balaban J connectivity index is 2.79. The van der Waals surface area contributed by atoms with Gasteiger partial charge in [0.15, 0.2) is 0 Å². The summed E-state index contributed by atoms with van der Waals surface area (Å²) >= 11 is 0. The van der Waals surface area contributed by atoms with Gasteiger partial charge in [0.05, 0.1) is 6.85 Å². The average molecular weight is 171 g/mol. The second kappa shape index (κ2) is 3.23. The molecule has 1 aliphatic heterocycles. The monoisotopic (exact) mass is 171 g/mol. The van der Waals surface area contributed by atoms with Crippen molar-refractivity contribution in [1.29, 1.82) is 0 Å². The summed E-state index contributed by atoms with van der Waals surface area (Å²) in [6.45, 7) is -2.13. The van der Waals surface area contributed by atoms with Crippen LogP contribution in [-0.4, -0.2) is 23.4 Å². The Morgan fingerprint density at radius 2 is 2.83 bits per heavy atom. The Labute approximate surface area is 85.9 Å². The standard InChI is InChI=1S/C10H14N2/c1-12-7-3-5-10(12)9-4-2-6-11-8-9/h2,4,6,8,10H,3,5,7H2,1H3/t10-/m0/s1/i2D,4D,5D2,6D,7D2,8D,10D. The maximum Gasteiger partial charge on any atom is 0.0843 e. The molecular weight excluding hydrogens is 148 g/mol. The molecule has 2 nitrogen and oxygen atoms in total. The fraction of sp³-hybridized carbons (Fsp3) is 0.500. The first-order valence-electron chi connectivity index (χ1n) is 8.05. The highest BCUT2D eigenvalue weighted by Gasteiger charge is 2.21. The van der Waals surface area contributed by atoms with Crippen LogP contribution in [0.25, 0.3) is 0 Å². The summed E-state index contributed by atoms with van der Waals surface area (Å²) in [7, 11) is 1.20. The molecule has 2 heterocycles. The van der Waals surface area contributed by atoms with E-state index < -0.39 is 55.3 Å². The van der Waals surface area contributed by atoms with Gasteiger partial charge in [0.25, 0.3) is 0 Å². The molecule has 0 aliphatic carbocycles. The van der Waals surface area contributed by atoms with Crippen molar-refractivity contribution in [3.63, 3.8) is 0 Å². The van der Waals surface area contributed by atoms with Gasteiger partial charge in [0.2, 0.25) is 0 Å². The van der Waals surface area contributed by atoms with Crippen LogP contribution in [0.4, 0.5) is 0 Å². The minimum Gasteiger partial charge on any atom is -0.299 e. The summed E-state index contributed by atoms with van der Waals surface area (Å²) in [5.74, 6) is 0. The van der Waals surface area contributed by atoms with Gasteiger partial charge in [0.1, 0.15) is 0 Å². The molecule has 2 rings (SSSR count). The Bertz CT molecular complexity index is 603. The van der Waals surface area contributed by atoms with Crippen LogP contribution in [0.15, 0.2) is 24.4 Å². The Hall–Kier alpha value is -0.890. The van der Waals surface area contributed by atoms with Crippen LogP contribution < -0.4 is 0 Å². The quantitative estimate of drug-likeness (QED) is 0.641. The lowest BCUT2D eigenvalue weighted by molar-refractivity contribution is 0.317. The van der Waals surface area contributed by atoms with E-state index in [1.807, 2.05) is 0 Å². The van der Waals surface area contributed by atoms with E-state index in [1.54, 1.807) is 0 Å². The van der Waals surface area contributed by atoms with E-state index in [0.29, 0.717) is 0 Å². The predicted molar refractivity (Wildman–Crippen MR) is 48.8 cm³/mol. The van der Waals surface area contributed by atoms with E-state index >= 15 is 0 Å². The summed E-state index contributed by atoms with van der Waals surface area (Å²) in [4.78, 5) is 4.28. The fourth-order valence-corrected chi connectivity index (χ4v) is 1.04. The van der Waals surface area contributed by atoms with Gasteiger partial charge in [-0.15, -0.1) is 0 Å². The van der Waals surface area contributed by atoms with E-state index in [4.69, 9.17) is 12.3 Å². The summed E-state index contributed by atoms with van der Waals surface area (Å²) in [6.07, 6.45) is -4.23. The van der Waals surface area contributed by atoms with Gasteiger partial charge in [-0.1, -0.05) is 6.04 Å². The average Bonchev–Trinajstić information content (AvgIpc) is 2.44. The van der Waals surface area contributed by atoms with Crippen LogP contribution in [0.1, 0.15) is 36.7 Å². The minimum absolute atomic E-state index is 0.489. The van der Waals surface area contributed by atoms with Gasteiger partial charge in [-0.3, -0.25) is 9.88 Å². The van der Waals surface area contributed by atoms with Crippen LogP contribution in [0, 0.1) is 0 Å². The number of hydrogen-bond donors (Lipinski definition) is 0. The van der Waals surface area contributed by atoms with Crippen molar-refractivity contribution in [2.45, 2.75) is 18.8 Å². The molecule has 1 fully saturated rings. The molecule has 0 N–H and O–H groups in total. The van der Waals surface area contributed by atoms with Crippen LogP contribution in [0.5, 0.6) is 0 Å². The van der Waals surface area contributed by atoms with Crippen molar-refractivity contribution in [2.24, 2.45) is 0 Å². The minimum atomic E-state index is -2.38. The topological polar surface area (TPSA) is 16.1 Å². The van der Waals surface area contributed by atoms with Crippen molar-refractivity contribution < 1.29 is 12.3 Å². The van der Waals surface area contributed by atoms with Gasteiger partial charge in [-0.2, -0.15) is 0 Å². The number of rotatable bonds is 1. The van der Waals surface area contributed by atoms with Crippen molar-refractivity contribution in [2.75, 3.05) is 13.5 Å². The Kier molecular flexibility index (Phi) is 0.687. The summed E-state index contributed by atoms with van der Waals surface area (Å²) in [6, 6.07) is -3.60. The number of hydrogen-bond acceptors (Lipinski definition) is 2. The number of likely N-dealkylation sites (tertiary alicyclic amines) is 1. The third kappa shape index (κ3) is 1.34. The molecule has 0 amide bonds. The second-order valence-electron chi connectivity index (χ2n) is 2.38. The van der Waals surface area contributed by atoms with Gasteiger partial charge < -0.3 is 0 Å². The first-order valence-corrected chi connectivity index (χ1v) is 3.55. The van der Waals surface area contributed by atoms with Gasteiger partial charge in [-0.25, -0.2) is 0 Å². The van der Waals surface area contributed by atoms with Gasteiger partial charge in [-0.05, 0) is 37.9 Å². The molecule has 0 radical (unpaired) electrons. The Morgan fingerprint density at radius 3 is 3.58 bits per heavy atom. The van der Waals surface area contributed by atoms with E-state index in [1.165, 1.54) is 7.05 Å². The molecule has 64 valence electrons. The zero-order valence-corrected chi connectivity index (χ0v) is 6.60. The van der Waals surface area contributed by atoms with E-state index in [-0.39, 0.29) is 0 Å². The largest absolute Gasteiger partial charge is 0.299 e. The third-order valence-corrected chi connectivity index (χ3v) is 1.61. The summed E-state index contributed by atoms with van der Waals surface area (Å²) < 4.78 is 70.6. The highest BCUT2D eigenvalue weighted by atomic mass is 15.1. The van der Waals surface area contributed by atoms with Gasteiger partial charge in [0, 0.05) is 23.8 Å². The lowest BCUT2D eigenvalue weighted by Gasteiger charge is -2.18. The molecule has 0 bridgehead atoms. The molecule has 1 aliphatic rings. The molecule has 0 aromatic carbocycles. The fourth-order valence-electron chi connectivity index (χ4n) is 1.04. The van der Waals surface area contributed by atoms with Crippen LogP contribution in [0.3, 0.4) is 0 Å². The maximum absolute atomic E-state index is 8.42. The lowest BCUT2D eigenvalue weighted by atomic mass is 10.1. The smallest absolute Gasteiger partial charge is 0.0843 e. The highest BCUT2D eigenvalue weighted by Crippen LogP contribution is 2.29. The first-order chi connectivity index (χ1) is 9.36. The molecule has 0 saturated carbocycles. The number of aromatic nitrogens is 1. The molecule has 0 spiro atoms.